The van der Waals surface area contributed by atoms with E-state index in [1.54, 1.807) is 12.1 Å². The van der Waals surface area contributed by atoms with Crippen molar-refractivity contribution in [3.63, 3.8) is 0 Å². The number of nitrogens with two attached hydrogens (primary N) is 1. The molecule has 0 amide bonds. The SMILES string of the molecule is N[C@](O)(c1ccc(C=O)cc1)[C@@H](O)Cc1ccccc1. The summed E-state index contributed by atoms with van der Waals surface area (Å²) in [6.07, 6.45) is -0.199. The first-order valence-electron chi connectivity index (χ1n) is 6.33. The van der Waals surface area contributed by atoms with E-state index in [0.717, 1.165) is 5.56 Å². The van der Waals surface area contributed by atoms with Crippen molar-refractivity contribution in [3.05, 3.63) is 71.3 Å². The second-order valence-electron chi connectivity index (χ2n) is 4.77. The van der Waals surface area contributed by atoms with Gasteiger partial charge in [0, 0.05) is 17.5 Å². The summed E-state index contributed by atoms with van der Waals surface area (Å²) < 4.78 is 0. The highest BCUT2D eigenvalue weighted by Gasteiger charge is 2.33. The summed E-state index contributed by atoms with van der Waals surface area (Å²) in [5, 5.41) is 20.5. The van der Waals surface area contributed by atoms with Crippen LogP contribution < -0.4 is 5.73 Å². The van der Waals surface area contributed by atoms with E-state index >= 15 is 0 Å². The van der Waals surface area contributed by atoms with Gasteiger partial charge in [-0.05, 0) is 5.56 Å². The lowest BCUT2D eigenvalue weighted by Gasteiger charge is -2.29. The van der Waals surface area contributed by atoms with Gasteiger partial charge >= 0.3 is 0 Å². The van der Waals surface area contributed by atoms with Crippen LogP contribution in [0.1, 0.15) is 21.5 Å². The maximum Gasteiger partial charge on any atom is 0.166 e. The molecule has 2 aromatic carbocycles. The minimum absolute atomic E-state index is 0.239. The Hall–Kier alpha value is -2.01. The Kier molecular flexibility index (Phi) is 4.29. The van der Waals surface area contributed by atoms with Crippen molar-refractivity contribution in [3.8, 4) is 0 Å². The van der Waals surface area contributed by atoms with Gasteiger partial charge in [-0.1, -0.05) is 54.6 Å². The number of carbonyl (C=O) groups is 1. The predicted octanol–water partition coefficient (Wildman–Crippen LogP) is 1.21. The molecule has 0 spiro atoms. The summed E-state index contributed by atoms with van der Waals surface area (Å²) >= 11 is 0. The van der Waals surface area contributed by atoms with Gasteiger partial charge in [0.1, 0.15) is 12.4 Å². The molecule has 0 unspecified atom stereocenters. The zero-order chi connectivity index (χ0) is 14.6. The molecule has 2 atom stereocenters. The molecule has 0 aromatic heterocycles. The molecule has 0 bridgehead atoms. The van der Waals surface area contributed by atoms with Crippen molar-refractivity contribution in [1.29, 1.82) is 0 Å². The minimum atomic E-state index is -1.86. The van der Waals surface area contributed by atoms with Crippen LogP contribution in [0.25, 0.3) is 0 Å². The summed E-state index contributed by atoms with van der Waals surface area (Å²) in [6, 6.07) is 15.5. The number of rotatable bonds is 5. The summed E-state index contributed by atoms with van der Waals surface area (Å²) in [5.74, 6) is 0. The highest BCUT2D eigenvalue weighted by molar-refractivity contribution is 5.74. The van der Waals surface area contributed by atoms with Crippen molar-refractivity contribution in [1.82, 2.24) is 0 Å². The fourth-order valence-electron chi connectivity index (χ4n) is 2.01. The van der Waals surface area contributed by atoms with Crippen LogP contribution >= 0.6 is 0 Å². The molecular weight excluding hydrogens is 254 g/mol. The van der Waals surface area contributed by atoms with Gasteiger partial charge in [0.25, 0.3) is 0 Å². The first-order valence-corrected chi connectivity index (χ1v) is 6.33. The second kappa shape index (κ2) is 5.96. The zero-order valence-electron chi connectivity index (χ0n) is 10.9. The van der Waals surface area contributed by atoms with Gasteiger partial charge in [-0.2, -0.15) is 0 Å². The van der Waals surface area contributed by atoms with Crippen LogP contribution in [0.4, 0.5) is 0 Å². The molecule has 2 rings (SSSR count). The Labute approximate surface area is 117 Å². The van der Waals surface area contributed by atoms with Crippen molar-refractivity contribution in [2.75, 3.05) is 0 Å². The van der Waals surface area contributed by atoms with E-state index in [-0.39, 0.29) is 6.42 Å². The number of carbonyl (C=O) groups excluding carboxylic acids is 1. The van der Waals surface area contributed by atoms with E-state index in [4.69, 9.17) is 5.73 Å². The van der Waals surface area contributed by atoms with Crippen molar-refractivity contribution in [2.24, 2.45) is 5.73 Å². The van der Waals surface area contributed by atoms with Gasteiger partial charge in [-0.15, -0.1) is 0 Å². The molecule has 0 aliphatic rings. The Bertz CT molecular complexity index is 564. The molecule has 0 saturated heterocycles. The monoisotopic (exact) mass is 271 g/mol. The minimum Gasteiger partial charge on any atom is -0.388 e. The number of hydrogen-bond donors (Lipinski definition) is 3. The predicted molar refractivity (Wildman–Crippen MR) is 76.1 cm³/mol. The lowest BCUT2D eigenvalue weighted by Crippen LogP contribution is -2.48. The molecule has 20 heavy (non-hydrogen) atoms. The number of benzene rings is 2. The summed E-state index contributed by atoms with van der Waals surface area (Å²) in [7, 11) is 0. The van der Waals surface area contributed by atoms with Gasteiger partial charge in [-0.25, -0.2) is 0 Å². The van der Waals surface area contributed by atoms with Gasteiger partial charge in [0.15, 0.2) is 5.72 Å². The highest BCUT2D eigenvalue weighted by Crippen LogP contribution is 2.22. The van der Waals surface area contributed by atoms with Crippen molar-refractivity contribution < 1.29 is 15.0 Å². The van der Waals surface area contributed by atoms with E-state index < -0.39 is 11.8 Å². The van der Waals surface area contributed by atoms with Gasteiger partial charge in [0.05, 0.1) is 0 Å². The second-order valence-corrected chi connectivity index (χ2v) is 4.77. The maximum atomic E-state index is 10.6. The lowest BCUT2D eigenvalue weighted by atomic mass is 9.92. The molecular formula is C16H17NO3. The van der Waals surface area contributed by atoms with Crippen LogP contribution in [0.15, 0.2) is 54.6 Å². The first kappa shape index (κ1) is 14.4. The Balaban J connectivity index is 2.17. The molecule has 0 aliphatic carbocycles. The number of aliphatic hydroxyl groups is 2. The van der Waals surface area contributed by atoms with Crippen LogP contribution in [-0.2, 0) is 12.1 Å². The van der Waals surface area contributed by atoms with Crippen LogP contribution in [0.3, 0.4) is 0 Å². The third kappa shape index (κ3) is 3.11. The van der Waals surface area contributed by atoms with E-state index in [1.807, 2.05) is 30.3 Å². The van der Waals surface area contributed by atoms with Crippen LogP contribution in [0, 0.1) is 0 Å². The summed E-state index contributed by atoms with van der Waals surface area (Å²) in [5.41, 5.74) is 5.71. The highest BCUT2D eigenvalue weighted by atomic mass is 16.4. The molecule has 0 heterocycles. The largest absolute Gasteiger partial charge is 0.388 e. The van der Waals surface area contributed by atoms with Crippen LogP contribution in [0.2, 0.25) is 0 Å². The average Bonchev–Trinajstić information content (AvgIpc) is 2.48. The quantitative estimate of drug-likeness (QED) is 0.564. The molecule has 4 heteroatoms. The normalized spacial score (nSPS) is 15.3. The van der Waals surface area contributed by atoms with E-state index in [2.05, 4.69) is 0 Å². The zero-order valence-corrected chi connectivity index (χ0v) is 10.9. The smallest absolute Gasteiger partial charge is 0.166 e. The maximum absolute atomic E-state index is 10.6. The number of aldehydes is 1. The average molecular weight is 271 g/mol. The van der Waals surface area contributed by atoms with Crippen molar-refractivity contribution in [2.45, 2.75) is 18.2 Å². The van der Waals surface area contributed by atoms with E-state index in [9.17, 15) is 15.0 Å². The third-order valence-electron chi connectivity index (χ3n) is 3.29. The molecule has 0 radical (unpaired) electrons. The lowest BCUT2D eigenvalue weighted by molar-refractivity contribution is -0.0756. The van der Waals surface area contributed by atoms with Crippen LogP contribution in [-0.4, -0.2) is 22.6 Å². The summed E-state index contributed by atoms with van der Waals surface area (Å²) in [4.78, 5) is 10.6. The van der Waals surface area contributed by atoms with E-state index in [0.29, 0.717) is 17.4 Å². The Morgan fingerprint density at radius 3 is 2.25 bits per heavy atom. The van der Waals surface area contributed by atoms with Crippen molar-refractivity contribution >= 4 is 6.29 Å². The Morgan fingerprint density at radius 1 is 1.10 bits per heavy atom. The van der Waals surface area contributed by atoms with Gasteiger partial charge in [-0.3, -0.25) is 10.5 Å². The molecule has 104 valence electrons. The molecule has 4 N–H and O–H groups in total. The van der Waals surface area contributed by atoms with Gasteiger partial charge in [0.2, 0.25) is 0 Å². The van der Waals surface area contributed by atoms with Crippen LogP contribution in [0.5, 0.6) is 0 Å². The molecule has 4 nitrogen and oxygen atoms in total. The van der Waals surface area contributed by atoms with E-state index in [1.165, 1.54) is 12.1 Å². The topological polar surface area (TPSA) is 83.5 Å². The molecule has 0 fully saturated rings. The molecule has 0 aliphatic heterocycles. The fourth-order valence-corrected chi connectivity index (χ4v) is 2.01. The third-order valence-corrected chi connectivity index (χ3v) is 3.29. The standard InChI is InChI=1S/C16H17NO3/c17-16(20,14-8-6-13(11-18)7-9-14)15(19)10-12-4-2-1-3-5-12/h1-9,11,15,19-20H,10,17H2/t15-,16-/m0/s1. The number of hydrogen-bond acceptors (Lipinski definition) is 4. The first-order chi connectivity index (χ1) is 9.54. The molecule has 0 saturated carbocycles. The molecule has 2 aromatic rings. The Morgan fingerprint density at radius 2 is 1.70 bits per heavy atom. The number of aliphatic hydroxyl groups excluding tert-OH is 1. The van der Waals surface area contributed by atoms with Gasteiger partial charge < -0.3 is 10.2 Å². The summed E-state index contributed by atoms with van der Waals surface area (Å²) in [6.45, 7) is 0. The fraction of sp³-hybridized carbons (Fsp3) is 0.188.